The molecule has 172 valence electrons. The number of allylic oxidation sites excluding steroid dienone is 1. The van der Waals surface area contributed by atoms with E-state index in [0.29, 0.717) is 11.3 Å². The van der Waals surface area contributed by atoms with Crippen LogP contribution in [0.15, 0.2) is 46.9 Å². The van der Waals surface area contributed by atoms with E-state index in [0.717, 1.165) is 59.1 Å². The first-order chi connectivity index (χ1) is 15.9. The number of methoxy groups -OCH3 is 1. The van der Waals surface area contributed by atoms with Crippen molar-refractivity contribution in [1.82, 2.24) is 5.32 Å². The van der Waals surface area contributed by atoms with Gasteiger partial charge in [-0.3, -0.25) is 4.79 Å². The van der Waals surface area contributed by atoms with E-state index >= 15 is 0 Å². The van der Waals surface area contributed by atoms with Crippen molar-refractivity contribution in [2.45, 2.75) is 52.0 Å². The molecule has 1 heterocycles. The van der Waals surface area contributed by atoms with E-state index in [-0.39, 0.29) is 6.42 Å². The monoisotopic (exact) mass is 447 g/mol. The van der Waals surface area contributed by atoms with Crippen molar-refractivity contribution >= 4 is 28.4 Å². The van der Waals surface area contributed by atoms with Crippen LogP contribution in [0.3, 0.4) is 0 Å². The van der Waals surface area contributed by atoms with E-state index in [2.05, 4.69) is 5.32 Å². The molecule has 0 saturated carbocycles. The molecule has 1 unspecified atom stereocenters. The molecule has 1 atom stereocenters. The average Bonchev–Trinajstić information content (AvgIpc) is 3.18. The Morgan fingerprint density at radius 1 is 1.21 bits per heavy atom. The molecule has 2 aromatic carbocycles. The Hall–Kier alpha value is -3.54. The summed E-state index contributed by atoms with van der Waals surface area (Å²) < 4.78 is 11.9. The number of hydrogen-bond donors (Lipinski definition) is 2. The normalized spacial score (nSPS) is 14.6. The van der Waals surface area contributed by atoms with Gasteiger partial charge in [-0.1, -0.05) is 30.3 Å². The second-order valence-corrected chi connectivity index (χ2v) is 8.59. The molecular formula is C27H29NO5. The summed E-state index contributed by atoms with van der Waals surface area (Å²) in [5, 5.41) is 13.3. The van der Waals surface area contributed by atoms with Crippen LogP contribution in [0.4, 0.5) is 0 Å². The quantitative estimate of drug-likeness (QED) is 0.506. The van der Waals surface area contributed by atoms with Crippen LogP contribution >= 0.6 is 0 Å². The number of furan rings is 1. The van der Waals surface area contributed by atoms with E-state index in [1.54, 1.807) is 7.11 Å². The van der Waals surface area contributed by atoms with Gasteiger partial charge in [-0.25, -0.2) is 4.79 Å². The lowest BCUT2D eigenvalue weighted by Crippen LogP contribution is -2.41. The SMILES string of the molecule is COc1c(/C(C)=C/C(=O)NC(Cc2ccccc2)C(=O)O)cc2c3c(oc2c1C)CCCC3. The number of rotatable bonds is 7. The van der Waals surface area contributed by atoms with Crippen LogP contribution in [0.1, 0.15) is 47.8 Å². The second kappa shape index (κ2) is 9.53. The minimum atomic E-state index is -1.07. The molecule has 0 aliphatic heterocycles. The fraction of sp³-hybridized carbons (Fsp3) is 0.333. The van der Waals surface area contributed by atoms with Gasteiger partial charge in [0.1, 0.15) is 23.1 Å². The third-order valence-electron chi connectivity index (χ3n) is 6.30. The highest BCUT2D eigenvalue weighted by molar-refractivity contribution is 5.99. The zero-order chi connectivity index (χ0) is 23.5. The molecule has 0 bridgehead atoms. The maximum Gasteiger partial charge on any atom is 0.326 e. The van der Waals surface area contributed by atoms with Crippen molar-refractivity contribution in [3.8, 4) is 5.75 Å². The minimum Gasteiger partial charge on any atom is -0.496 e. The molecule has 2 N–H and O–H groups in total. The molecule has 1 aromatic heterocycles. The van der Waals surface area contributed by atoms with Gasteiger partial charge in [0.15, 0.2) is 0 Å². The van der Waals surface area contributed by atoms with Gasteiger partial charge in [0.25, 0.3) is 0 Å². The molecule has 33 heavy (non-hydrogen) atoms. The number of carbonyl (C=O) groups is 2. The summed E-state index contributed by atoms with van der Waals surface area (Å²) in [5.74, 6) is 0.181. The summed E-state index contributed by atoms with van der Waals surface area (Å²) in [6.07, 6.45) is 5.84. The Morgan fingerprint density at radius 3 is 2.64 bits per heavy atom. The molecule has 1 amide bonds. The molecule has 0 spiro atoms. The number of aryl methyl sites for hydroxylation is 3. The highest BCUT2D eigenvalue weighted by Crippen LogP contribution is 2.41. The van der Waals surface area contributed by atoms with E-state index in [1.165, 1.54) is 11.6 Å². The largest absolute Gasteiger partial charge is 0.496 e. The van der Waals surface area contributed by atoms with Gasteiger partial charge >= 0.3 is 5.97 Å². The van der Waals surface area contributed by atoms with Crippen LogP contribution in [0.2, 0.25) is 0 Å². The van der Waals surface area contributed by atoms with Crippen molar-refractivity contribution in [3.05, 3.63) is 70.5 Å². The number of hydrogen-bond acceptors (Lipinski definition) is 4. The predicted molar refractivity (Wildman–Crippen MR) is 128 cm³/mol. The lowest BCUT2D eigenvalue weighted by atomic mass is 9.93. The molecule has 1 aliphatic carbocycles. The van der Waals surface area contributed by atoms with Gasteiger partial charge < -0.3 is 19.6 Å². The average molecular weight is 448 g/mol. The van der Waals surface area contributed by atoms with Crippen molar-refractivity contribution in [1.29, 1.82) is 0 Å². The van der Waals surface area contributed by atoms with Gasteiger partial charge in [-0.15, -0.1) is 0 Å². The van der Waals surface area contributed by atoms with Crippen molar-refractivity contribution in [2.75, 3.05) is 7.11 Å². The fourth-order valence-electron chi connectivity index (χ4n) is 4.63. The topological polar surface area (TPSA) is 88.8 Å². The summed E-state index contributed by atoms with van der Waals surface area (Å²) in [6.45, 7) is 3.80. The fourth-order valence-corrected chi connectivity index (χ4v) is 4.63. The number of benzene rings is 2. The third kappa shape index (κ3) is 4.65. The number of carboxylic acids is 1. The van der Waals surface area contributed by atoms with Crippen molar-refractivity contribution in [2.24, 2.45) is 0 Å². The number of nitrogens with one attached hydrogen (secondary N) is 1. The molecular weight excluding hydrogens is 418 g/mol. The molecule has 0 radical (unpaired) electrons. The molecule has 1 aliphatic rings. The Kier molecular flexibility index (Phi) is 6.54. The Bertz CT molecular complexity index is 1220. The van der Waals surface area contributed by atoms with E-state index in [4.69, 9.17) is 9.15 Å². The first kappa shape index (κ1) is 22.6. The maximum atomic E-state index is 12.8. The Labute approximate surface area is 193 Å². The number of carboxylic acid groups (broad SMARTS) is 1. The molecule has 6 nitrogen and oxygen atoms in total. The Morgan fingerprint density at radius 2 is 1.94 bits per heavy atom. The first-order valence-corrected chi connectivity index (χ1v) is 11.3. The zero-order valence-electron chi connectivity index (χ0n) is 19.2. The van der Waals surface area contributed by atoms with E-state index < -0.39 is 17.9 Å². The lowest BCUT2D eigenvalue weighted by molar-refractivity contribution is -0.141. The summed E-state index contributed by atoms with van der Waals surface area (Å²) in [5.41, 5.74) is 5.34. The third-order valence-corrected chi connectivity index (χ3v) is 6.30. The zero-order valence-corrected chi connectivity index (χ0v) is 19.2. The van der Waals surface area contributed by atoms with Crippen LogP contribution in [0.25, 0.3) is 16.5 Å². The first-order valence-electron chi connectivity index (χ1n) is 11.3. The van der Waals surface area contributed by atoms with Gasteiger partial charge in [0.05, 0.1) is 7.11 Å². The van der Waals surface area contributed by atoms with Crippen LogP contribution in [0.5, 0.6) is 5.75 Å². The summed E-state index contributed by atoms with van der Waals surface area (Å²) in [7, 11) is 1.61. The molecule has 3 aromatic rings. The number of carbonyl (C=O) groups excluding carboxylic acids is 1. The van der Waals surface area contributed by atoms with E-state index in [9.17, 15) is 14.7 Å². The second-order valence-electron chi connectivity index (χ2n) is 8.59. The molecule has 0 fully saturated rings. The smallest absolute Gasteiger partial charge is 0.326 e. The number of amides is 1. The predicted octanol–water partition coefficient (Wildman–Crippen LogP) is 4.84. The molecule has 4 rings (SSSR count). The van der Waals surface area contributed by atoms with Crippen LogP contribution in [-0.2, 0) is 28.9 Å². The summed E-state index contributed by atoms with van der Waals surface area (Å²) in [4.78, 5) is 24.5. The number of aliphatic carboxylic acids is 1. The molecule has 0 saturated heterocycles. The van der Waals surface area contributed by atoms with Crippen molar-refractivity contribution in [3.63, 3.8) is 0 Å². The highest BCUT2D eigenvalue weighted by atomic mass is 16.5. The van der Waals surface area contributed by atoms with Crippen molar-refractivity contribution < 1.29 is 23.8 Å². The van der Waals surface area contributed by atoms with Gasteiger partial charge in [-0.2, -0.15) is 0 Å². The van der Waals surface area contributed by atoms with E-state index in [1.807, 2.05) is 50.2 Å². The number of fused-ring (bicyclic) bond motifs is 3. The summed E-state index contributed by atoms with van der Waals surface area (Å²) >= 11 is 0. The Balaban J connectivity index is 1.63. The van der Waals surface area contributed by atoms with Gasteiger partial charge in [0, 0.05) is 41.0 Å². The summed E-state index contributed by atoms with van der Waals surface area (Å²) in [6, 6.07) is 10.3. The standard InChI is InChI=1S/C27H29NO5/c1-16(13-24(29)28-22(27(30)31)14-18-9-5-4-6-10-18)20-15-21-19-11-7-8-12-23(19)33-26(21)17(2)25(20)32-3/h4-6,9-10,13,15,22H,7-8,11-12,14H2,1-3H3,(H,28,29)(H,30,31)/b16-13+. The number of ether oxygens (including phenoxy) is 1. The van der Waals surface area contributed by atoms with Crippen LogP contribution < -0.4 is 10.1 Å². The maximum absolute atomic E-state index is 12.8. The van der Waals surface area contributed by atoms with Crippen LogP contribution in [-0.4, -0.2) is 30.1 Å². The van der Waals surface area contributed by atoms with Crippen LogP contribution in [0, 0.1) is 6.92 Å². The minimum absolute atomic E-state index is 0.213. The van der Waals surface area contributed by atoms with Gasteiger partial charge in [0.2, 0.25) is 5.91 Å². The van der Waals surface area contributed by atoms with Gasteiger partial charge in [-0.05, 0) is 50.3 Å². The molecule has 6 heteroatoms. The highest BCUT2D eigenvalue weighted by Gasteiger charge is 2.24. The lowest BCUT2D eigenvalue weighted by Gasteiger charge is -2.15.